The Balaban J connectivity index is 1.46. The first-order valence-corrected chi connectivity index (χ1v) is 10.6. The van der Waals surface area contributed by atoms with Gasteiger partial charge in [0.1, 0.15) is 5.75 Å². The van der Waals surface area contributed by atoms with E-state index < -0.39 is 5.97 Å². The molecule has 3 aromatic rings. The number of hydrogen-bond acceptors (Lipinski definition) is 6. The van der Waals surface area contributed by atoms with Crippen molar-refractivity contribution in [3.05, 3.63) is 47.5 Å². The topological polar surface area (TPSA) is 88.7 Å². The number of carboxylic acids is 1. The predicted molar refractivity (Wildman–Crippen MR) is 119 cm³/mol. The van der Waals surface area contributed by atoms with E-state index in [-0.39, 0.29) is 18.4 Å². The van der Waals surface area contributed by atoms with Gasteiger partial charge in [-0.25, -0.2) is 0 Å². The van der Waals surface area contributed by atoms with E-state index >= 15 is 0 Å². The molecule has 2 aromatic carbocycles. The van der Waals surface area contributed by atoms with Crippen LogP contribution >= 0.6 is 11.6 Å². The molecule has 1 atom stereocenters. The van der Waals surface area contributed by atoms with Gasteiger partial charge in [0.25, 0.3) is 5.89 Å². The van der Waals surface area contributed by atoms with Crippen LogP contribution < -0.4 is 9.64 Å². The molecule has 0 bridgehead atoms. The zero-order chi connectivity index (χ0) is 22.0. The normalized spacial score (nSPS) is 16.1. The summed E-state index contributed by atoms with van der Waals surface area (Å²) in [5.41, 5.74) is 2.62. The van der Waals surface area contributed by atoms with Gasteiger partial charge in [0.15, 0.2) is 0 Å². The summed E-state index contributed by atoms with van der Waals surface area (Å²) in [6.07, 6.45) is 1.14. The van der Waals surface area contributed by atoms with E-state index in [1.54, 1.807) is 12.1 Å². The standard InChI is InChI=1S/C23H24ClN3O4/c1-14(2)30-20-8-5-17(12-19(20)24)22-25-23(31-26-22)16-3-6-18(7-4-16)27-10-9-15(13-27)11-21(28)29/h3-8,12,14-15H,9-11,13H2,1-2H3,(H,28,29). The summed E-state index contributed by atoms with van der Waals surface area (Å²) in [5.74, 6) is 0.948. The summed E-state index contributed by atoms with van der Waals surface area (Å²) in [6, 6.07) is 13.3. The summed E-state index contributed by atoms with van der Waals surface area (Å²) in [7, 11) is 0. The van der Waals surface area contributed by atoms with Gasteiger partial charge in [-0.3, -0.25) is 4.79 Å². The number of nitrogens with zero attached hydrogens (tertiary/aromatic N) is 3. The molecule has 0 radical (unpaired) electrons. The fourth-order valence-electron chi connectivity index (χ4n) is 3.74. The largest absolute Gasteiger partial charge is 0.489 e. The molecule has 1 aromatic heterocycles. The number of halogens is 1. The summed E-state index contributed by atoms with van der Waals surface area (Å²) >= 11 is 6.32. The van der Waals surface area contributed by atoms with E-state index in [9.17, 15) is 4.79 Å². The molecule has 0 saturated carbocycles. The Morgan fingerprint density at radius 2 is 2.00 bits per heavy atom. The van der Waals surface area contributed by atoms with Gasteiger partial charge >= 0.3 is 5.97 Å². The number of hydrogen-bond donors (Lipinski definition) is 1. The van der Waals surface area contributed by atoms with Crippen LogP contribution in [-0.2, 0) is 4.79 Å². The highest BCUT2D eigenvalue weighted by Crippen LogP contribution is 2.32. The van der Waals surface area contributed by atoms with Crippen molar-refractivity contribution in [2.45, 2.75) is 32.8 Å². The van der Waals surface area contributed by atoms with Crippen molar-refractivity contribution in [3.63, 3.8) is 0 Å². The van der Waals surface area contributed by atoms with Gasteiger partial charge < -0.3 is 19.3 Å². The Kier molecular flexibility index (Phi) is 6.13. The molecule has 1 N–H and O–H groups in total. The Labute approximate surface area is 185 Å². The Morgan fingerprint density at radius 1 is 1.26 bits per heavy atom. The predicted octanol–water partition coefficient (Wildman–Crippen LogP) is 5.15. The van der Waals surface area contributed by atoms with Crippen LogP contribution in [0.4, 0.5) is 5.69 Å². The molecule has 8 heteroatoms. The number of anilines is 1. The fourth-order valence-corrected chi connectivity index (χ4v) is 3.97. The molecule has 4 rings (SSSR count). The molecular weight excluding hydrogens is 418 g/mol. The van der Waals surface area contributed by atoms with E-state index in [1.165, 1.54) is 0 Å². The van der Waals surface area contributed by atoms with Gasteiger partial charge in [-0.1, -0.05) is 16.8 Å². The number of ether oxygens (including phenoxy) is 1. The third kappa shape index (κ3) is 4.99. The quantitative estimate of drug-likeness (QED) is 0.542. The number of rotatable bonds is 7. The lowest BCUT2D eigenvalue weighted by atomic mass is 10.1. The van der Waals surface area contributed by atoms with E-state index in [0.717, 1.165) is 36.3 Å². The smallest absolute Gasteiger partial charge is 0.303 e. The van der Waals surface area contributed by atoms with Crippen LogP contribution in [0.2, 0.25) is 5.02 Å². The Bertz CT molecular complexity index is 1060. The van der Waals surface area contributed by atoms with Crippen LogP contribution in [0.5, 0.6) is 5.75 Å². The number of aliphatic carboxylic acids is 1. The van der Waals surface area contributed by atoms with Crippen molar-refractivity contribution in [1.82, 2.24) is 10.1 Å². The van der Waals surface area contributed by atoms with E-state index in [4.69, 9.17) is 26.0 Å². The molecule has 1 aliphatic rings. The summed E-state index contributed by atoms with van der Waals surface area (Å²) in [6.45, 7) is 5.51. The van der Waals surface area contributed by atoms with E-state index in [0.29, 0.717) is 22.5 Å². The maximum atomic E-state index is 10.9. The lowest BCUT2D eigenvalue weighted by molar-refractivity contribution is -0.137. The van der Waals surface area contributed by atoms with Crippen molar-refractivity contribution in [2.75, 3.05) is 18.0 Å². The van der Waals surface area contributed by atoms with E-state index in [2.05, 4.69) is 15.0 Å². The number of benzene rings is 2. The molecule has 162 valence electrons. The molecular formula is C23H24ClN3O4. The monoisotopic (exact) mass is 441 g/mol. The summed E-state index contributed by atoms with van der Waals surface area (Å²) in [5, 5.41) is 13.6. The number of aromatic nitrogens is 2. The minimum Gasteiger partial charge on any atom is -0.489 e. The minimum atomic E-state index is -0.738. The second-order valence-corrected chi connectivity index (χ2v) is 8.39. The van der Waals surface area contributed by atoms with Crippen molar-refractivity contribution in [1.29, 1.82) is 0 Å². The highest BCUT2D eigenvalue weighted by molar-refractivity contribution is 6.32. The van der Waals surface area contributed by atoms with Crippen LogP contribution in [0.15, 0.2) is 47.0 Å². The average Bonchev–Trinajstić information content (AvgIpc) is 3.39. The molecule has 0 spiro atoms. The molecule has 2 heterocycles. The van der Waals surface area contributed by atoms with Crippen molar-refractivity contribution >= 4 is 23.3 Å². The minimum absolute atomic E-state index is 0.0340. The van der Waals surface area contributed by atoms with Crippen molar-refractivity contribution in [2.24, 2.45) is 5.92 Å². The highest BCUT2D eigenvalue weighted by Gasteiger charge is 2.24. The fraction of sp³-hybridized carbons (Fsp3) is 0.348. The molecule has 1 unspecified atom stereocenters. The molecule has 1 aliphatic heterocycles. The molecule has 1 fully saturated rings. The first kappa shape index (κ1) is 21.2. The zero-order valence-electron chi connectivity index (χ0n) is 17.4. The first-order valence-electron chi connectivity index (χ1n) is 10.3. The van der Waals surface area contributed by atoms with Crippen LogP contribution in [0.3, 0.4) is 0 Å². The van der Waals surface area contributed by atoms with Gasteiger partial charge in [0.2, 0.25) is 5.82 Å². The summed E-state index contributed by atoms with van der Waals surface area (Å²) in [4.78, 5) is 17.6. The van der Waals surface area contributed by atoms with Crippen LogP contribution in [0.1, 0.15) is 26.7 Å². The second kappa shape index (κ2) is 8.98. The van der Waals surface area contributed by atoms with Crippen LogP contribution in [-0.4, -0.2) is 40.4 Å². The maximum Gasteiger partial charge on any atom is 0.303 e. The van der Waals surface area contributed by atoms with Gasteiger partial charge in [-0.05, 0) is 68.7 Å². The summed E-state index contributed by atoms with van der Waals surface area (Å²) < 4.78 is 11.1. The number of carboxylic acid groups (broad SMARTS) is 1. The van der Waals surface area contributed by atoms with Crippen molar-refractivity contribution < 1.29 is 19.2 Å². The average molecular weight is 442 g/mol. The van der Waals surface area contributed by atoms with Crippen LogP contribution in [0.25, 0.3) is 22.8 Å². The Hall–Kier alpha value is -3.06. The first-order chi connectivity index (χ1) is 14.9. The molecule has 0 aliphatic carbocycles. The second-order valence-electron chi connectivity index (χ2n) is 7.98. The molecule has 0 amide bonds. The van der Waals surface area contributed by atoms with Gasteiger partial charge in [0, 0.05) is 36.3 Å². The zero-order valence-corrected chi connectivity index (χ0v) is 18.2. The number of carbonyl (C=O) groups is 1. The van der Waals surface area contributed by atoms with Gasteiger partial charge in [-0.2, -0.15) is 4.98 Å². The molecule has 31 heavy (non-hydrogen) atoms. The van der Waals surface area contributed by atoms with Gasteiger partial charge in [-0.15, -0.1) is 0 Å². The molecule has 7 nitrogen and oxygen atoms in total. The van der Waals surface area contributed by atoms with Gasteiger partial charge in [0.05, 0.1) is 11.1 Å². The Morgan fingerprint density at radius 3 is 2.68 bits per heavy atom. The lowest BCUT2D eigenvalue weighted by Gasteiger charge is -2.18. The highest BCUT2D eigenvalue weighted by atomic mass is 35.5. The SMILES string of the molecule is CC(C)Oc1ccc(-c2noc(-c3ccc(N4CCC(CC(=O)O)C4)cc3)n2)cc1Cl. The maximum absolute atomic E-state index is 10.9. The van der Waals surface area contributed by atoms with Crippen LogP contribution in [0, 0.1) is 5.92 Å². The van der Waals surface area contributed by atoms with Crippen molar-refractivity contribution in [3.8, 4) is 28.6 Å². The van der Waals surface area contributed by atoms with E-state index in [1.807, 2.05) is 44.2 Å². The third-order valence-electron chi connectivity index (χ3n) is 5.21. The molecule has 1 saturated heterocycles. The lowest BCUT2D eigenvalue weighted by Crippen LogP contribution is -2.20. The third-order valence-corrected chi connectivity index (χ3v) is 5.50.